The molecule has 0 radical (unpaired) electrons. The van der Waals surface area contributed by atoms with Crippen LogP contribution in [0.5, 0.6) is 0 Å². The molecule has 12 heavy (non-hydrogen) atoms. The topological polar surface area (TPSA) is 36.7 Å². The number of aromatic nitrogens is 1. The highest BCUT2D eigenvalue weighted by molar-refractivity contribution is 5.29. The van der Waals surface area contributed by atoms with Crippen LogP contribution in [-0.2, 0) is 5.41 Å². The molecule has 1 aromatic heterocycles. The fourth-order valence-electron chi connectivity index (χ4n) is 0.942. The minimum absolute atomic E-state index is 0.389. The van der Waals surface area contributed by atoms with Crippen molar-refractivity contribution in [2.75, 3.05) is 0 Å². The third-order valence-electron chi connectivity index (χ3n) is 1.73. The minimum atomic E-state index is -0.785. The van der Waals surface area contributed by atoms with Gasteiger partial charge in [-0.05, 0) is 19.9 Å². The van der Waals surface area contributed by atoms with Crippen LogP contribution in [-0.4, -0.2) is 4.98 Å². The van der Waals surface area contributed by atoms with Gasteiger partial charge in [-0.2, -0.15) is 5.26 Å². The van der Waals surface area contributed by atoms with E-state index in [0.29, 0.717) is 5.56 Å². The number of hydrogen-bond donors (Lipinski definition) is 0. The molecule has 0 amide bonds. The van der Waals surface area contributed by atoms with E-state index in [4.69, 9.17) is 5.26 Å². The smallest absolute Gasteiger partial charge is 0.146 e. The Morgan fingerprint density at radius 2 is 2.25 bits per heavy atom. The second-order valence-electron chi connectivity index (χ2n) is 3.09. The van der Waals surface area contributed by atoms with Crippen molar-refractivity contribution >= 4 is 0 Å². The fourth-order valence-corrected chi connectivity index (χ4v) is 0.942. The van der Waals surface area contributed by atoms with Crippen molar-refractivity contribution in [3.8, 4) is 6.07 Å². The van der Waals surface area contributed by atoms with Crippen LogP contribution in [0.3, 0.4) is 0 Å². The Morgan fingerprint density at radius 3 is 2.75 bits per heavy atom. The molecule has 1 aromatic rings. The highest BCUT2D eigenvalue weighted by Gasteiger charge is 2.23. The van der Waals surface area contributed by atoms with Crippen molar-refractivity contribution in [2.45, 2.75) is 19.3 Å². The van der Waals surface area contributed by atoms with E-state index in [1.807, 2.05) is 6.07 Å². The van der Waals surface area contributed by atoms with Gasteiger partial charge in [0, 0.05) is 11.8 Å². The lowest BCUT2D eigenvalue weighted by molar-refractivity contribution is 0.559. The van der Waals surface area contributed by atoms with Crippen LogP contribution in [0.2, 0.25) is 0 Å². The molecule has 62 valence electrons. The van der Waals surface area contributed by atoms with Crippen molar-refractivity contribution in [3.63, 3.8) is 0 Å². The fraction of sp³-hybridized carbons (Fsp3) is 0.333. The first-order chi connectivity index (χ1) is 5.58. The van der Waals surface area contributed by atoms with E-state index in [9.17, 15) is 4.39 Å². The molecule has 0 saturated carbocycles. The summed E-state index contributed by atoms with van der Waals surface area (Å²) in [7, 11) is 0. The van der Waals surface area contributed by atoms with Gasteiger partial charge >= 0.3 is 0 Å². The summed E-state index contributed by atoms with van der Waals surface area (Å²) < 4.78 is 13.1. The number of nitriles is 1. The number of rotatable bonds is 1. The molecule has 0 aromatic carbocycles. The molecule has 0 N–H and O–H groups in total. The Bertz CT molecular complexity index is 326. The summed E-state index contributed by atoms with van der Waals surface area (Å²) >= 11 is 0. The molecule has 0 aliphatic heterocycles. The van der Waals surface area contributed by atoms with E-state index >= 15 is 0 Å². The maximum atomic E-state index is 13.1. The quantitative estimate of drug-likeness (QED) is 0.636. The SMILES string of the molecule is CC(C)(C#N)c1ccncc1F. The zero-order valence-electron chi connectivity index (χ0n) is 7.00. The standard InChI is InChI=1S/C9H9FN2/c1-9(2,6-11)7-3-4-12-5-8(7)10/h3-5H,1-2H3. The summed E-state index contributed by atoms with van der Waals surface area (Å²) in [6.45, 7) is 3.34. The summed E-state index contributed by atoms with van der Waals surface area (Å²) in [6, 6.07) is 3.56. The molecule has 0 fully saturated rings. The largest absolute Gasteiger partial charge is 0.262 e. The maximum absolute atomic E-state index is 13.1. The molecule has 1 heterocycles. The van der Waals surface area contributed by atoms with E-state index in [2.05, 4.69) is 4.98 Å². The highest BCUT2D eigenvalue weighted by Crippen LogP contribution is 2.23. The van der Waals surface area contributed by atoms with Gasteiger partial charge in [-0.1, -0.05) is 0 Å². The van der Waals surface area contributed by atoms with Crippen LogP contribution >= 0.6 is 0 Å². The first-order valence-electron chi connectivity index (χ1n) is 3.59. The molecule has 0 bridgehead atoms. The van der Waals surface area contributed by atoms with Gasteiger partial charge in [-0.3, -0.25) is 4.98 Å². The predicted molar refractivity (Wildman–Crippen MR) is 42.8 cm³/mol. The predicted octanol–water partition coefficient (Wildman–Crippen LogP) is 2.02. The van der Waals surface area contributed by atoms with Gasteiger partial charge in [0.2, 0.25) is 0 Å². The van der Waals surface area contributed by atoms with Crippen LogP contribution in [0, 0.1) is 17.1 Å². The molecular formula is C9H9FN2. The van der Waals surface area contributed by atoms with Gasteiger partial charge in [-0.25, -0.2) is 4.39 Å². The number of halogens is 1. The summed E-state index contributed by atoms with van der Waals surface area (Å²) in [5.41, 5.74) is -0.396. The van der Waals surface area contributed by atoms with Crippen LogP contribution in [0.25, 0.3) is 0 Å². The molecule has 0 spiro atoms. The second kappa shape index (κ2) is 2.90. The van der Waals surface area contributed by atoms with Crippen LogP contribution in [0.1, 0.15) is 19.4 Å². The van der Waals surface area contributed by atoms with E-state index < -0.39 is 11.2 Å². The normalized spacial score (nSPS) is 10.8. The Morgan fingerprint density at radius 1 is 1.58 bits per heavy atom. The van der Waals surface area contributed by atoms with Crippen LogP contribution in [0.15, 0.2) is 18.5 Å². The molecule has 1 rings (SSSR count). The molecular weight excluding hydrogens is 155 g/mol. The van der Waals surface area contributed by atoms with Crippen molar-refractivity contribution in [1.29, 1.82) is 5.26 Å². The van der Waals surface area contributed by atoms with Gasteiger partial charge in [0.1, 0.15) is 5.82 Å². The molecule has 0 unspecified atom stereocenters. The third kappa shape index (κ3) is 1.42. The number of nitrogens with zero attached hydrogens (tertiary/aromatic N) is 2. The number of pyridine rings is 1. The molecule has 0 aliphatic carbocycles. The Kier molecular flexibility index (Phi) is 2.09. The zero-order valence-corrected chi connectivity index (χ0v) is 7.00. The zero-order chi connectivity index (χ0) is 9.19. The van der Waals surface area contributed by atoms with Gasteiger partial charge in [0.25, 0.3) is 0 Å². The Balaban J connectivity index is 3.22. The summed E-state index contributed by atoms with van der Waals surface area (Å²) in [5.74, 6) is -0.427. The van der Waals surface area contributed by atoms with E-state index in [0.717, 1.165) is 6.20 Å². The highest BCUT2D eigenvalue weighted by atomic mass is 19.1. The first kappa shape index (κ1) is 8.66. The van der Waals surface area contributed by atoms with Crippen molar-refractivity contribution < 1.29 is 4.39 Å². The molecule has 2 nitrogen and oxygen atoms in total. The van der Waals surface area contributed by atoms with Crippen LogP contribution in [0.4, 0.5) is 4.39 Å². The van der Waals surface area contributed by atoms with E-state index in [1.54, 1.807) is 13.8 Å². The van der Waals surface area contributed by atoms with Gasteiger partial charge in [0.05, 0.1) is 17.7 Å². The van der Waals surface area contributed by atoms with Crippen molar-refractivity contribution in [2.24, 2.45) is 0 Å². The monoisotopic (exact) mass is 164 g/mol. The number of hydrogen-bond acceptors (Lipinski definition) is 2. The van der Waals surface area contributed by atoms with E-state index in [1.165, 1.54) is 12.3 Å². The average Bonchev–Trinajstić information content (AvgIpc) is 2.05. The van der Waals surface area contributed by atoms with Crippen LogP contribution < -0.4 is 0 Å². The Hall–Kier alpha value is -1.43. The van der Waals surface area contributed by atoms with Crippen molar-refractivity contribution in [3.05, 3.63) is 29.8 Å². The maximum Gasteiger partial charge on any atom is 0.146 e. The van der Waals surface area contributed by atoms with Gasteiger partial charge in [-0.15, -0.1) is 0 Å². The second-order valence-corrected chi connectivity index (χ2v) is 3.09. The van der Waals surface area contributed by atoms with Crippen molar-refractivity contribution in [1.82, 2.24) is 4.98 Å². The minimum Gasteiger partial charge on any atom is -0.262 e. The average molecular weight is 164 g/mol. The summed E-state index contributed by atoms with van der Waals surface area (Å²) in [6.07, 6.45) is 2.60. The lowest BCUT2D eigenvalue weighted by atomic mass is 9.87. The van der Waals surface area contributed by atoms with Gasteiger partial charge in [0.15, 0.2) is 0 Å². The lowest BCUT2D eigenvalue weighted by Crippen LogP contribution is -2.15. The molecule has 0 atom stereocenters. The molecule has 0 aliphatic rings. The van der Waals surface area contributed by atoms with Gasteiger partial charge < -0.3 is 0 Å². The van der Waals surface area contributed by atoms with E-state index in [-0.39, 0.29) is 0 Å². The first-order valence-corrected chi connectivity index (χ1v) is 3.59. The Labute approximate surface area is 70.7 Å². The third-order valence-corrected chi connectivity index (χ3v) is 1.73. The summed E-state index contributed by atoms with van der Waals surface area (Å²) in [4.78, 5) is 3.61. The summed E-state index contributed by atoms with van der Waals surface area (Å²) in [5, 5.41) is 8.73. The lowest BCUT2D eigenvalue weighted by Gasteiger charge is -2.15. The molecule has 3 heteroatoms. The molecule has 0 saturated heterocycles.